The van der Waals surface area contributed by atoms with Crippen LogP contribution in [0.3, 0.4) is 0 Å². The quantitative estimate of drug-likeness (QED) is 0.787. The Kier molecular flexibility index (Phi) is 6.23. The van der Waals surface area contributed by atoms with Crippen LogP contribution in [-0.4, -0.2) is 35.7 Å². The lowest BCUT2D eigenvalue weighted by Gasteiger charge is -2.32. The highest BCUT2D eigenvalue weighted by atomic mass is 16.6. The number of carbonyl (C=O) groups is 2. The summed E-state index contributed by atoms with van der Waals surface area (Å²) in [4.78, 5) is 25.9. The van der Waals surface area contributed by atoms with Crippen LogP contribution in [0, 0.1) is 5.92 Å². The average Bonchev–Trinajstić information content (AvgIpc) is 2.52. The molecule has 5 heteroatoms. The molecule has 1 fully saturated rings. The van der Waals surface area contributed by atoms with Crippen LogP contribution in [0.25, 0.3) is 0 Å². The topological polar surface area (TPSA) is 55.8 Å². The smallest absolute Gasteiger partial charge is 0.410 e. The zero-order valence-electron chi connectivity index (χ0n) is 14.8. The van der Waals surface area contributed by atoms with Crippen molar-refractivity contribution in [3.8, 4) is 0 Å². The Balaban J connectivity index is 1.79. The first-order valence-electron chi connectivity index (χ1n) is 8.51. The maximum absolute atomic E-state index is 12.2. The van der Waals surface area contributed by atoms with Gasteiger partial charge in [0.05, 0.1) is 6.42 Å². The fraction of sp³-hybridized carbons (Fsp3) is 0.579. The molecule has 1 heterocycles. The maximum Gasteiger partial charge on any atom is 0.410 e. The van der Waals surface area contributed by atoms with Gasteiger partial charge in [0.2, 0.25) is 0 Å². The number of hydrogen-bond donors (Lipinski definition) is 0. The van der Waals surface area contributed by atoms with Crippen LogP contribution in [0.1, 0.15) is 45.6 Å². The zero-order chi connectivity index (χ0) is 17.6. The number of piperidine rings is 1. The molecule has 0 N–H and O–H groups in total. The number of ether oxygens (including phenoxy) is 2. The van der Waals surface area contributed by atoms with E-state index in [2.05, 4.69) is 0 Å². The Labute approximate surface area is 143 Å². The van der Waals surface area contributed by atoms with Gasteiger partial charge in [-0.1, -0.05) is 30.3 Å². The predicted octanol–water partition coefficient (Wildman–Crippen LogP) is 3.77. The molecular formula is C19H27NO4. The van der Waals surface area contributed by atoms with Crippen LogP contribution in [-0.2, 0) is 20.9 Å². The summed E-state index contributed by atoms with van der Waals surface area (Å²) in [6.45, 7) is 7.08. The Morgan fingerprint density at radius 1 is 1.21 bits per heavy atom. The minimum Gasteiger partial charge on any atom is -0.460 e. The van der Waals surface area contributed by atoms with Crippen molar-refractivity contribution in [3.63, 3.8) is 0 Å². The first-order chi connectivity index (χ1) is 11.3. The third-order valence-electron chi connectivity index (χ3n) is 3.86. The fourth-order valence-corrected chi connectivity index (χ4v) is 2.83. The van der Waals surface area contributed by atoms with Crippen molar-refractivity contribution in [3.05, 3.63) is 35.9 Å². The Bertz CT molecular complexity index is 550. The average molecular weight is 333 g/mol. The third-order valence-corrected chi connectivity index (χ3v) is 3.86. The number of nitrogens with zero attached hydrogens (tertiary/aromatic N) is 1. The van der Waals surface area contributed by atoms with E-state index in [1.165, 1.54) is 0 Å². The molecule has 1 aromatic rings. The summed E-state index contributed by atoms with van der Waals surface area (Å²) in [7, 11) is 0. The molecule has 0 saturated carbocycles. The van der Waals surface area contributed by atoms with Crippen molar-refractivity contribution >= 4 is 12.1 Å². The summed E-state index contributed by atoms with van der Waals surface area (Å²) < 4.78 is 10.7. The summed E-state index contributed by atoms with van der Waals surface area (Å²) in [6.07, 6.45) is 1.85. The summed E-state index contributed by atoms with van der Waals surface area (Å²) in [5, 5.41) is 0. The zero-order valence-corrected chi connectivity index (χ0v) is 14.8. The minimum absolute atomic E-state index is 0.137. The van der Waals surface area contributed by atoms with E-state index in [1.807, 2.05) is 51.1 Å². The van der Waals surface area contributed by atoms with E-state index in [-0.39, 0.29) is 24.6 Å². The fourth-order valence-electron chi connectivity index (χ4n) is 2.83. The molecule has 5 nitrogen and oxygen atoms in total. The van der Waals surface area contributed by atoms with Crippen LogP contribution >= 0.6 is 0 Å². The molecular weight excluding hydrogens is 306 g/mol. The predicted molar refractivity (Wildman–Crippen MR) is 91.4 cm³/mol. The van der Waals surface area contributed by atoms with E-state index >= 15 is 0 Å². The Hall–Kier alpha value is -2.04. The number of esters is 1. The van der Waals surface area contributed by atoms with Crippen LogP contribution in [0.2, 0.25) is 0 Å². The molecule has 24 heavy (non-hydrogen) atoms. The van der Waals surface area contributed by atoms with Crippen LogP contribution < -0.4 is 0 Å². The summed E-state index contributed by atoms with van der Waals surface area (Å²) in [5.41, 5.74) is 0.494. The van der Waals surface area contributed by atoms with Crippen molar-refractivity contribution in [1.82, 2.24) is 4.90 Å². The number of benzene rings is 1. The number of amides is 1. The molecule has 1 aromatic carbocycles. The molecule has 1 aliphatic heterocycles. The molecule has 1 atom stereocenters. The number of hydrogen-bond acceptors (Lipinski definition) is 4. The Morgan fingerprint density at radius 3 is 2.58 bits per heavy atom. The number of carbonyl (C=O) groups excluding carboxylic acids is 2. The van der Waals surface area contributed by atoms with Gasteiger partial charge < -0.3 is 14.4 Å². The van der Waals surface area contributed by atoms with Gasteiger partial charge in [0.15, 0.2) is 0 Å². The van der Waals surface area contributed by atoms with Crippen molar-refractivity contribution in [2.75, 3.05) is 13.1 Å². The highest BCUT2D eigenvalue weighted by Gasteiger charge is 2.28. The van der Waals surface area contributed by atoms with E-state index in [9.17, 15) is 9.59 Å². The van der Waals surface area contributed by atoms with E-state index in [0.29, 0.717) is 19.5 Å². The van der Waals surface area contributed by atoms with E-state index < -0.39 is 5.60 Å². The molecule has 1 aliphatic rings. The summed E-state index contributed by atoms with van der Waals surface area (Å²) in [6, 6.07) is 9.61. The first kappa shape index (κ1) is 18.3. The third kappa shape index (κ3) is 6.22. The molecule has 0 aromatic heterocycles. The standard InChI is InChI=1S/C19H27NO4/c1-19(2,3)24-17(21)12-16-10-7-11-20(13-16)18(22)23-14-15-8-5-4-6-9-15/h4-6,8-9,16H,7,10-14H2,1-3H3. The second-order valence-corrected chi connectivity index (χ2v) is 7.29. The second-order valence-electron chi connectivity index (χ2n) is 7.29. The highest BCUT2D eigenvalue weighted by molar-refractivity contribution is 5.71. The molecule has 1 saturated heterocycles. The molecule has 2 rings (SSSR count). The lowest BCUT2D eigenvalue weighted by atomic mass is 9.95. The Morgan fingerprint density at radius 2 is 1.92 bits per heavy atom. The van der Waals surface area contributed by atoms with Crippen molar-refractivity contribution in [1.29, 1.82) is 0 Å². The van der Waals surface area contributed by atoms with Gasteiger partial charge in [-0.2, -0.15) is 0 Å². The SMILES string of the molecule is CC(C)(C)OC(=O)CC1CCCN(C(=O)OCc2ccccc2)C1. The molecule has 0 radical (unpaired) electrons. The van der Waals surface area contributed by atoms with Gasteiger partial charge in [0.25, 0.3) is 0 Å². The van der Waals surface area contributed by atoms with Gasteiger partial charge >= 0.3 is 12.1 Å². The summed E-state index contributed by atoms with van der Waals surface area (Å²) >= 11 is 0. The molecule has 132 valence electrons. The van der Waals surface area contributed by atoms with Crippen LogP contribution in [0.15, 0.2) is 30.3 Å². The molecule has 0 bridgehead atoms. The van der Waals surface area contributed by atoms with Crippen LogP contribution in [0.5, 0.6) is 0 Å². The molecule has 0 aliphatic carbocycles. The van der Waals surface area contributed by atoms with Gasteiger partial charge in [-0.15, -0.1) is 0 Å². The normalized spacial score (nSPS) is 18.1. The minimum atomic E-state index is -0.472. The number of likely N-dealkylation sites (tertiary alicyclic amines) is 1. The molecule has 1 amide bonds. The number of rotatable bonds is 4. The second kappa shape index (κ2) is 8.18. The van der Waals surface area contributed by atoms with Gasteiger partial charge in [0.1, 0.15) is 12.2 Å². The lowest BCUT2D eigenvalue weighted by Crippen LogP contribution is -2.41. The monoisotopic (exact) mass is 333 g/mol. The van der Waals surface area contributed by atoms with Crippen molar-refractivity contribution in [2.24, 2.45) is 5.92 Å². The molecule has 0 spiro atoms. The van der Waals surface area contributed by atoms with Crippen molar-refractivity contribution < 1.29 is 19.1 Å². The molecule has 1 unspecified atom stereocenters. The van der Waals surface area contributed by atoms with Gasteiger partial charge in [-0.25, -0.2) is 4.79 Å². The first-order valence-corrected chi connectivity index (χ1v) is 8.51. The van der Waals surface area contributed by atoms with Gasteiger partial charge in [-0.3, -0.25) is 4.79 Å². The largest absolute Gasteiger partial charge is 0.460 e. The highest BCUT2D eigenvalue weighted by Crippen LogP contribution is 2.22. The van der Waals surface area contributed by atoms with Gasteiger partial charge in [-0.05, 0) is 45.1 Å². The summed E-state index contributed by atoms with van der Waals surface area (Å²) in [5.74, 6) is -0.0649. The van der Waals surface area contributed by atoms with E-state index in [0.717, 1.165) is 18.4 Å². The van der Waals surface area contributed by atoms with Gasteiger partial charge in [0, 0.05) is 13.1 Å². The van der Waals surface area contributed by atoms with Crippen molar-refractivity contribution in [2.45, 2.75) is 52.2 Å². The lowest BCUT2D eigenvalue weighted by molar-refractivity contribution is -0.156. The van der Waals surface area contributed by atoms with E-state index in [1.54, 1.807) is 4.90 Å². The van der Waals surface area contributed by atoms with Crippen LogP contribution in [0.4, 0.5) is 4.79 Å². The maximum atomic E-state index is 12.2. The van der Waals surface area contributed by atoms with E-state index in [4.69, 9.17) is 9.47 Å².